The van der Waals surface area contributed by atoms with Gasteiger partial charge in [0, 0.05) is 5.56 Å². The van der Waals surface area contributed by atoms with Crippen LogP contribution in [-0.2, 0) is 0 Å². The maximum atomic E-state index is 12.4. The van der Waals surface area contributed by atoms with Gasteiger partial charge in [0.25, 0.3) is 0 Å². The molecule has 1 aromatic carbocycles. The van der Waals surface area contributed by atoms with Gasteiger partial charge in [-0.2, -0.15) is 0 Å². The Kier molecular flexibility index (Phi) is 3.81. The fraction of sp³-hybridized carbons (Fsp3) is 0.214. The van der Waals surface area contributed by atoms with Gasteiger partial charge in [-0.15, -0.1) is 11.3 Å². The largest absolute Gasteiger partial charge is 0.288 e. The molecule has 4 heteroatoms. The van der Waals surface area contributed by atoms with Crippen molar-refractivity contribution in [2.24, 2.45) is 0 Å². The molecule has 0 radical (unpaired) electrons. The first-order chi connectivity index (χ1) is 8.41. The van der Waals surface area contributed by atoms with Crippen LogP contribution in [0, 0.1) is 20.8 Å². The van der Waals surface area contributed by atoms with Crippen molar-refractivity contribution in [2.75, 3.05) is 0 Å². The molecule has 94 valence electrons. The van der Waals surface area contributed by atoms with Crippen LogP contribution < -0.4 is 0 Å². The summed E-state index contributed by atoms with van der Waals surface area (Å²) in [6.45, 7) is 5.82. The lowest BCUT2D eigenvalue weighted by atomic mass is 10.0. The third-order valence-electron chi connectivity index (χ3n) is 2.93. The molecule has 0 saturated heterocycles. The first-order valence-electron chi connectivity index (χ1n) is 5.47. The number of benzene rings is 1. The number of thiophene rings is 1. The first-order valence-corrected chi connectivity index (χ1v) is 7.10. The number of ketones is 1. The van der Waals surface area contributed by atoms with Crippen LogP contribution in [0.25, 0.3) is 0 Å². The molecule has 0 spiro atoms. The van der Waals surface area contributed by atoms with Gasteiger partial charge < -0.3 is 0 Å². The van der Waals surface area contributed by atoms with E-state index in [-0.39, 0.29) is 5.78 Å². The summed E-state index contributed by atoms with van der Waals surface area (Å²) < 4.78 is 0. The monoisotopic (exact) mass is 298 g/mol. The van der Waals surface area contributed by atoms with Crippen molar-refractivity contribution in [3.05, 3.63) is 54.7 Å². The van der Waals surface area contributed by atoms with Crippen molar-refractivity contribution < 1.29 is 4.79 Å². The zero-order valence-electron chi connectivity index (χ0n) is 10.3. The Balaban J connectivity index is 2.53. The van der Waals surface area contributed by atoms with Gasteiger partial charge in [0.05, 0.1) is 14.9 Å². The van der Waals surface area contributed by atoms with E-state index in [2.05, 4.69) is 0 Å². The van der Waals surface area contributed by atoms with E-state index in [1.807, 2.05) is 38.3 Å². The molecule has 2 aromatic rings. The summed E-state index contributed by atoms with van der Waals surface area (Å²) in [5.41, 5.74) is 3.56. The minimum absolute atomic E-state index is 0.105. The molecule has 1 aromatic heterocycles. The van der Waals surface area contributed by atoms with Crippen LogP contribution in [0.2, 0.25) is 10.0 Å². The molecule has 0 unspecified atom stereocenters. The summed E-state index contributed by atoms with van der Waals surface area (Å²) in [7, 11) is 0. The Morgan fingerprint density at radius 1 is 1.06 bits per heavy atom. The van der Waals surface area contributed by atoms with Crippen molar-refractivity contribution >= 4 is 40.3 Å². The standard InChI is InChI=1S/C14H12Cl2OS/c1-7-4-10(11(15)5-8(7)2)13(17)14-12(16)9(3)6-18-14/h4-6H,1-3H3. The number of carbonyl (C=O) groups is 1. The van der Waals surface area contributed by atoms with Gasteiger partial charge >= 0.3 is 0 Å². The number of rotatable bonds is 2. The van der Waals surface area contributed by atoms with Crippen LogP contribution >= 0.6 is 34.5 Å². The van der Waals surface area contributed by atoms with Crippen LogP contribution in [0.4, 0.5) is 0 Å². The predicted molar refractivity (Wildman–Crippen MR) is 78.4 cm³/mol. The Labute approximate surface area is 120 Å². The van der Waals surface area contributed by atoms with E-state index in [0.29, 0.717) is 20.5 Å². The topological polar surface area (TPSA) is 17.1 Å². The summed E-state index contributed by atoms with van der Waals surface area (Å²) in [6, 6.07) is 3.64. The van der Waals surface area contributed by atoms with Gasteiger partial charge in [-0.3, -0.25) is 4.79 Å². The third kappa shape index (κ3) is 2.33. The van der Waals surface area contributed by atoms with Crippen molar-refractivity contribution in [2.45, 2.75) is 20.8 Å². The number of hydrogen-bond donors (Lipinski definition) is 0. The maximum absolute atomic E-state index is 12.4. The summed E-state index contributed by atoms with van der Waals surface area (Å²) in [5.74, 6) is -0.105. The van der Waals surface area contributed by atoms with E-state index < -0.39 is 0 Å². The van der Waals surface area contributed by atoms with Gasteiger partial charge in [-0.1, -0.05) is 23.2 Å². The minimum Gasteiger partial charge on any atom is -0.288 e. The SMILES string of the molecule is Cc1cc(Cl)c(C(=O)c2scc(C)c2Cl)cc1C. The zero-order valence-corrected chi connectivity index (χ0v) is 12.6. The molecule has 0 bridgehead atoms. The van der Waals surface area contributed by atoms with Gasteiger partial charge in [0.2, 0.25) is 5.78 Å². The molecule has 0 N–H and O–H groups in total. The molecule has 18 heavy (non-hydrogen) atoms. The molecular formula is C14H12Cl2OS. The molecule has 0 fully saturated rings. The normalized spacial score (nSPS) is 10.7. The third-order valence-corrected chi connectivity index (χ3v) is 4.94. The number of hydrogen-bond acceptors (Lipinski definition) is 2. The van der Waals surface area contributed by atoms with Crippen molar-refractivity contribution in [1.82, 2.24) is 0 Å². The minimum atomic E-state index is -0.105. The molecule has 1 heterocycles. The van der Waals surface area contributed by atoms with E-state index in [1.54, 1.807) is 0 Å². The number of aryl methyl sites for hydroxylation is 3. The summed E-state index contributed by atoms with van der Waals surface area (Å²) >= 11 is 13.6. The fourth-order valence-electron chi connectivity index (χ4n) is 1.66. The molecule has 0 atom stereocenters. The van der Waals surface area contributed by atoms with Gasteiger partial charge in [-0.25, -0.2) is 0 Å². The lowest BCUT2D eigenvalue weighted by Gasteiger charge is -2.07. The Hall–Kier alpha value is -0.830. The Morgan fingerprint density at radius 3 is 2.22 bits per heavy atom. The van der Waals surface area contributed by atoms with Crippen LogP contribution in [0.15, 0.2) is 17.5 Å². The van der Waals surface area contributed by atoms with E-state index in [0.717, 1.165) is 16.7 Å². The fourth-order valence-corrected chi connectivity index (χ4v) is 3.20. The molecule has 0 aliphatic carbocycles. The number of carbonyl (C=O) groups excluding carboxylic acids is 1. The van der Waals surface area contributed by atoms with Crippen LogP contribution in [-0.4, -0.2) is 5.78 Å². The van der Waals surface area contributed by atoms with Crippen LogP contribution in [0.1, 0.15) is 31.9 Å². The molecule has 0 saturated carbocycles. The van der Waals surface area contributed by atoms with Crippen molar-refractivity contribution in [1.29, 1.82) is 0 Å². The Morgan fingerprint density at radius 2 is 1.67 bits per heavy atom. The zero-order chi connectivity index (χ0) is 13.4. The van der Waals surface area contributed by atoms with E-state index >= 15 is 0 Å². The molecular weight excluding hydrogens is 287 g/mol. The van der Waals surface area contributed by atoms with Crippen LogP contribution in [0.5, 0.6) is 0 Å². The lowest BCUT2D eigenvalue weighted by molar-refractivity contribution is 0.104. The highest BCUT2D eigenvalue weighted by atomic mass is 35.5. The molecule has 2 rings (SSSR count). The number of halogens is 2. The maximum Gasteiger partial charge on any atom is 0.205 e. The summed E-state index contributed by atoms with van der Waals surface area (Å²) in [4.78, 5) is 13.0. The average molecular weight is 299 g/mol. The quantitative estimate of drug-likeness (QED) is 0.696. The molecule has 0 aliphatic heterocycles. The summed E-state index contributed by atoms with van der Waals surface area (Å²) in [6.07, 6.45) is 0. The second-order valence-electron chi connectivity index (χ2n) is 4.31. The Bertz CT molecular complexity index is 629. The highest BCUT2D eigenvalue weighted by Crippen LogP contribution is 2.32. The summed E-state index contributed by atoms with van der Waals surface area (Å²) in [5, 5.41) is 2.88. The second kappa shape index (κ2) is 5.04. The molecule has 1 nitrogen and oxygen atoms in total. The van der Waals surface area contributed by atoms with Crippen molar-refractivity contribution in [3.63, 3.8) is 0 Å². The van der Waals surface area contributed by atoms with E-state index in [9.17, 15) is 4.79 Å². The molecule has 0 amide bonds. The first kappa shape index (κ1) is 13.6. The highest BCUT2D eigenvalue weighted by Gasteiger charge is 2.19. The lowest BCUT2D eigenvalue weighted by Crippen LogP contribution is -2.02. The smallest absolute Gasteiger partial charge is 0.205 e. The van der Waals surface area contributed by atoms with E-state index in [1.165, 1.54) is 11.3 Å². The second-order valence-corrected chi connectivity index (χ2v) is 5.97. The highest BCUT2D eigenvalue weighted by molar-refractivity contribution is 7.13. The molecule has 0 aliphatic rings. The van der Waals surface area contributed by atoms with Gasteiger partial charge in [0.15, 0.2) is 0 Å². The predicted octanol–water partition coefficient (Wildman–Crippen LogP) is 5.21. The van der Waals surface area contributed by atoms with E-state index in [4.69, 9.17) is 23.2 Å². The average Bonchev–Trinajstić information content (AvgIpc) is 2.64. The van der Waals surface area contributed by atoms with Crippen LogP contribution in [0.3, 0.4) is 0 Å². The van der Waals surface area contributed by atoms with Gasteiger partial charge in [0.1, 0.15) is 0 Å². The van der Waals surface area contributed by atoms with Crippen molar-refractivity contribution in [3.8, 4) is 0 Å². The van der Waals surface area contributed by atoms with Gasteiger partial charge in [-0.05, 0) is 55.0 Å².